The molecule has 0 saturated heterocycles. The molecule has 0 aromatic heterocycles. The van der Waals surface area contributed by atoms with E-state index in [1.807, 2.05) is 20.8 Å². The molecule has 0 heterocycles. The molecule has 0 spiro atoms. The molecule has 0 aliphatic carbocycles. The maximum absolute atomic E-state index is 11.6. The van der Waals surface area contributed by atoms with E-state index < -0.39 is 18.0 Å². The van der Waals surface area contributed by atoms with E-state index in [4.69, 9.17) is 5.11 Å². The van der Waals surface area contributed by atoms with Crippen LogP contribution in [0.15, 0.2) is 0 Å². The number of hydrogen-bond acceptors (Lipinski definition) is 2. The number of nitrogens with one attached hydrogen (secondary N) is 2. The van der Waals surface area contributed by atoms with E-state index in [-0.39, 0.29) is 11.5 Å². The summed E-state index contributed by atoms with van der Waals surface area (Å²) in [5.41, 5.74) is -0.329. The molecular weight excluding hydrogens is 208 g/mol. The molecule has 5 nitrogen and oxygen atoms in total. The van der Waals surface area contributed by atoms with Crippen molar-refractivity contribution in [2.24, 2.45) is 5.92 Å². The first-order valence-electron chi connectivity index (χ1n) is 5.51. The van der Waals surface area contributed by atoms with Crippen molar-refractivity contribution in [1.29, 1.82) is 0 Å². The molecule has 0 rings (SSSR count). The third-order valence-electron chi connectivity index (χ3n) is 2.56. The number of carboxylic acids is 1. The Hall–Kier alpha value is -1.26. The molecular formula is C11H22N2O3. The van der Waals surface area contributed by atoms with E-state index in [2.05, 4.69) is 10.6 Å². The minimum absolute atomic E-state index is 0.145. The number of hydrogen-bond donors (Lipinski definition) is 3. The molecule has 1 atom stereocenters. The van der Waals surface area contributed by atoms with Gasteiger partial charge < -0.3 is 15.7 Å². The van der Waals surface area contributed by atoms with Gasteiger partial charge in [0, 0.05) is 5.54 Å². The lowest BCUT2D eigenvalue weighted by Crippen LogP contribution is -2.53. The summed E-state index contributed by atoms with van der Waals surface area (Å²) in [7, 11) is 0. The monoisotopic (exact) mass is 230 g/mol. The van der Waals surface area contributed by atoms with Gasteiger partial charge in [-0.05, 0) is 26.2 Å². The normalized spacial score (nSPS) is 13.4. The molecule has 3 N–H and O–H groups in total. The lowest BCUT2D eigenvalue weighted by Gasteiger charge is -2.26. The summed E-state index contributed by atoms with van der Waals surface area (Å²) >= 11 is 0. The quantitative estimate of drug-likeness (QED) is 0.671. The second-order valence-electron chi connectivity index (χ2n) is 4.90. The Labute approximate surface area is 96.6 Å². The summed E-state index contributed by atoms with van der Waals surface area (Å²) in [6.45, 7) is 9.24. The molecule has 2 amide bonds. The largest absolute Gasteiger partial charge is 0.480 e. The van der Waals surface area contributed by atoms with Crippen molar-refractivity contribution in [3.8, 4) is 0 Å². The van der Waals surface area contributed by atoms with Gasteiger partial charge in [0.1, 0.15) is 6.04 Å². The summed E-state index contributed by atoms with van der Waals surface area (Å²) < 4.78 is 0. The highest BCUT2D eigenvalue weighted by Crippen LogP contribution is 2.07. The molecule has 0 fully saturated rings. The summed E-state index contributed by atoms with van der Waals surface area (Å²) in [6.07, 6.45) is 0.778. The van der Waals surface area contributed by atoms with Crippen LogP contribution in [0.4, 0.5) is 4.79 Å². The van der Waals surface area contributed by atoms with Crippen molar-refractivity contribution in [3.05, 3.63) is 0 Å². The molecule has 0 aromatic rings. The summed E-state index contributed by atoms with van der Waals surface area (Å²) in [5, 5.41) is 14.1. The Balaban J connectivity index is 4.37. The molecule has 94 valence electrons. The van der Waals surface area contributed by atoms with Crippen LogP contribution >= 0.6 is 0 Å². The van der Waals surface area contributed by atoms with Crippen LogP contribution in [0.5, 0.6) is 0 Å². The zero-order valence-electron chi connectivity index (χ0n) is 10.6. The zero-order chi connectivity index (χ0) is 12.9. The predicted octanol–water partition coefficient (Wildman–Crippen LogP) is 1.58. The van der Waals surface area contributed by atoms with E-state index >= 15 is 0 Å². The molecule has 0 radical (unpaired) electrons. The fourth-order valence-corrected chi connectivity index (χ4v) is 1.09. The topological polar surface area (TPSA) is 78.4 Å². The van der Waals surface area contributed by atoms with Crippen molar-refractivity contribution in [2.45, 2.75) is 52.6 Å². The van der Waals surface area contributed by atoms with Crippen LogP contribution in [-0.4, -0.2) is 28.7 Å². The Kier molecular flexibility index (Phi) is 5.27. The third-order valence-corrected chi connectivity index (χ3v) is 2.56. The van der Waals surface area contributed by atoms with Gasteiger partial charge in [-0.1, -0.05) is 20.8 Å². The number of aliphatic carboxylic acids is 1. The number of amides is 2. The van der Waals surface area contributed by atoms with Crippen molar-refractivity contribution in [1.82, 2.24) is 10.6 Å². The van der Waals surface area contributed by atoms with Gasteiger partial charge in [-0.15, -0.1) is 0 Å². The second-order valence-corrected chi connectivity index (χ2v) is 4.90. The molecule has 0 saturated carbocycles. The summed E-state index contributed by atoms with van der Waals surface area (Å²) in [5.74, 6) is -1.16. The number of urea groups is 1. The van der Waals surface area contributed by atoms with Crippen LogP contribution in [0.25, 0.3) is 0 Å². The van der Waals surface area contributed by atoms with Gasteiger partial charge in [-0.3, -0.25) is 0 Å². The number of carbonyl (C=O) groups is 2. The Morgan fingerprint density at radius 3 is 2.12 bits per heavy atom. The van der Waals surface area contributed by atoms with E-state index in [0.29, 0.717) is 0 Å². The molecule has 0 aliphatic rings. The van der Waals surface area contributed by atoms with Crippen LogP contribution in [0, 0.1) is 5.92 Å². The van der Waals surface area contributed by atoms with E-state index in [1.54, 1.807) is 13.8 Å². The fourth-order valence-electron chi connectivity index (χ4n) is 1.09. The highest BCUT2D eigenvalue weighted by Gasteiger charge is 2.25. The van der Waals surface area contributed by atoms with Gasteiger partial charge in [0.25, 0.3) is 0 Å². The first-order valence-corrected chi connectivity index (χ1v) is 5.51. The minimum Gasteiger partial charge on any atom is -0.480 e. The summed E-state index contributed by atoms with van der Waals surface area (Å²) in [6, 6.07) is -1.29. The van der Waals surface area contributed by atoms with Crippen LogP contribution in [0.3, 0.4) is 0 Å². The van der Waals surface area contributed by atoms with Crippen LogP contribution in [0.2, 0.25) is 0 Å². The van der Waals surface area contributed by atoms with Gasteiger partial charge >= 0.3 is 12.0 Å². The minimum atomic E-state index is -1.01. The van der Waals surface area contributed by atoms with Crippen LogP contribution in [0.1, 0.15) is 41.0 Å². The Bertz CT molecular complexity index is 262. The Morgan fingerprint density at radius 1 is 1.31 bits per heavy atom. The maximum Gasteiger partial charge on any atom is 0.326 e. The summed E-state index contributed by atoms with van der Waals surface area (Å²) in [4.78, 5) is 22.4. The van der Waals surface area contributed by atoms with E-state index in [9.17, 15) is 9.59 Å². The van der Waals surface area contributed by atoms with Crippen molar-refractivity contribution in [3.63, 3.8) is 0 Å². The average Bonchev–Trinajstić information content (AvgIpc) is 2.12. The lowest BCUT2D eigenvalue weighted by atomic mass is 10.0. The van der Waals surface area contributed by atoms with Crippen molar-refractivity contribution < 1.29 is 14.7 Å². The fraction of sp³-hybridized carbons (Fsp3) is 0.818. The predicted molar refractivity (Wildman–Crippen MR) is 62.3 cm³/mol. The van der Waals surface area contributed by atoms with Crippen LogP contribution in [-0.2, 0) is 4.79 Å². The SMILES string of the molecule is CCC(C)(C)NC(=O)N[C@@H](C(=O)O)C(C)C. The molecule has 5 heteroatoms. The molecule has 16 heavy (non-hydrogen) atoms. The van der Waals surface area contributed by atoms with E-state index in [1.165, 1.54) is 0 Å². The first-order chi connectivity index (χ1) is 7.19. The standard InChI is InChI=1S/C11H22N2O3/c1-6-11(4,5)13-10(16)12-8(7(2)3)9(14)15/h7-8H,6H2,1-5H3,(H,14,15)(H2,12,13,16)/t8-/m1/s1. The number of carbonyl (C=O) groups excluding carboxylic acids is 1. The smallest absolute Gasteiger partial charge is 0.326 e. The third kappa shape index (κ3) is 5.00. The van der Waals surface area contributed by atoms with Gasteiger partial charge in [0.05, 0.1) is 0 Å². The molecule has 0 aromatic carbocycles. The second kappa shape index (κ2) is 5.72. The Morgan fingerprint density at radius 2 is 1.81 bits per heavy atom. The molecule has 0 bridgehead atoms. The first kappa shape index (κ1) is 14.7. The molecule has 0 unspecified atom stereocenters. The number of carboxylic acid groups (broad SMARTS) is 1. The molecule has 0 aliphatic heterocycles. The lowest BCUT2D eigenvalue weighted by molar-refractivity contribution is -0.140. The van der Waals surface area contributed by atoms with Gasteiger partial charge in [-0.2, -0.15) is 0 Å². The highest BCUT2D eigenvalue weighted by molar-refractivity contribution is 5.83. The van der Waals surface area contributed by atoms with Gasteiger partial charge in [0.2, 0.25) is 0 Å². The zero-order valence-corrected chi connectivity index (χ0v) is 10.6. The van der Waals surface area contributed by atoms with Crippen molar-refractivity contribution in [2.75, 3.05) is 0 Å². The highest BCUT2D eigenvalue weighted by atomic mass is 16.4. The van der Waals surface area contributed by atoms with Gasteiger partial charge in [0.15, 0.2) is 0 Å². The van der Waals surface area contributed by atoms with Crippen molar-refractivity contribution >= 4 is 12.0 Å². The van der Waals surface area contributed by atoms with E-state index in [0.717, 1.165) is 6.42 Å². The maximum atomic E-state index is 11.6. The average molecular weight is 230 g/mol. The van der Waals surface area contributed by atoms with Crippen LogP contribution < -0.4 is 10.6 Å². The number of rotatable bonds is 5. The van der Waals surface area contributed by atoms with Gasteiger partial charge in [-0.25, -0.2) is 9.59 Å².